The maximum absolute atomic E-state index is 11.5. The molecule has 0 radical (unpaired) electrons. The molecule has 0 aliphatic heterocycles. The molecule has 24 heavy (non-hydrogen) atoms. The third-order valence-corrected chi connectivity index (χ3v) is 6.67. The highest BCUT2D eigenvalue weighted by Crippen LogP contribution is 2.59. The first-order chi connectivity index (χ1) is 11.5. The predicted molar refractivity (Wildman–Crippen MR) is 93.1 cm³/mol. The van der Waals surface area contributed by atoms with E-state index in [1.165, 1.54) is 30.9 Å². The minimum absolute atomic E-state index is 0.0572. The van der Waals surface area contributed by atoms with E-state index in [1.54, 1.807) is 7.11 Å². The zero-order valence-corrected chi connectivity index (χ0v) is 14.7. The van der Waals surface area contributed by atoms with Crippen LogP contribution in [0.15, 0.2) is 30.4 Å². The maximum Gasteiger partial charge on any atom is 0.303 e. The Balaban J connectivity index is 1.63. The normalized spacial score (nSPS) is 36.5. The number of aryl methyl sites for hydroxylation is 1. The molecule has 0 heterocycles. The van der Waals surface area contributed by atoms with Crippen LogP contribution < -0.4 is 4.74 Å². The molecule has 0 aromatic heterocycles. The van der Waals surface area contributed by atoms with Crippen molar-refractivity contribution in [2.45, 2.75) is 51.6 Å². The van der Waals surface area contributed by atoms with Crippen LogP contribution in [0.3, 0.4) is 0 Å². The van der Waals surface area contributed by atoms with Crippen LogP contribution in [-0.2, 0) is 16.0 Å². The maximum atomic E-state index is 11.5. The van der Waals surface area contributed by atoms with Gasteiger partial charge in [0, 0.05) is 12.3 Å². The number of hydrogen-bond donors (Lipinski definition) is 0. The highest BCUT2D eigenvalue weighted by atomic mass is 16.5. The van der Waals surface area contributed by atoms with Crippen molar-refractivity contribution in [2.24, 2.45) is 17.3 Å². The SMILES string of the molecule is COc1ccc2c(c1)CC[C@@H]1[C@@H]2CC[C@]2(C)[C@@H](OC(C)=O)C=C[C@@H]12. The summed E-state index contributed by atoms with van der Waals surface area (Å²) >= 11 is 0. The van der Waals surface area contributed by atoms with Crippen LogP contribution in [0.25, 0.3) is 0 Å². The second kappa shape index (κ2) is 5.65. The number of carbonyl (C=O) groups is 1. The van der Waals surface area contributed by atoms with Crippen molar-refractivity contribution in [3.8, 4) is 5.75 Å². The van der Waals surface area contributed by atoms with Gasteiger partial charge in [0.2, 0.25) is 0 Å². The van der Waals surface area contributed by atoms with Gasteiger partial charge in [0.05, 0.1) is 7.11 Å². The lowest BCUT2D eigenvalue weighted by Gasteiger charge is -2.50. The van der Waals surface area contributed by atoms with E-state index in [-0.39, 0.29) is 17.5 Å². The first kappa shape index (κ1) is 15.7. The van der Waals surface area contributed by atoms with E-state index in [1.807, 2.05) is 0 Å². The van der Waals surface area contributed by atoms with Crippen molar-refractivity contribution < 1.29 is 14.3 Å². The number of fused-ring (bicyclic) bond motifs is 5. The van der Waals surface area contributed by atoms with Gasteiger partial charge >= 0.3 is 5.97 Å². The largest absolute Gasteiger partial charge is 0.497 e. The molecule has 4 rings (SSSR count). The van der Waals surface area contributed by atoms with E-state index in [0.717, 1.165) is 18.6 Å². The average Bonchev–Trinajstić information content (AvgIpc) is 2.90. The van der Waals surface area contributed by atoms with Crippen molar-refractivity contribution in [1.29, 1.82) is 0 Å². The van der Waals surface area contributed by atoms with E-state index < -0.39 is 0 Å². The topological polar surface area (TPSA) is 35.5 Å². The van der Waals surface area contributed by atoms with Gasteiger partial charge in [-0.25, -0.2) is 0 Å². The molecule has 3 heteroatoms. The summed E-state index contributed by atoms with van der Waals surface area (Å²) in [6, 6.07) is 6.59. The second-order valence-corrected chi connectivity index (χ2v) is 7.86. The van der Waals surface area contributed by atoms with E-state index >= 15 is 0 Å². The van der Waals surface area contributed by atoms with Gasteiger partial charge in [0.25, 0.3) is 0 Å². The van der Waals surface area contributed by atoms with Crippen molar-refractivity contribution in [1.82, 2.24) is 0 Å². The summed E-state index contributed by atoms with van der Waals surface area (Å²) in [6.07, 6.45) is 9.02. The highest BCUT2D eigenvalue weighted by molar-refractivity contribution is 5.66. The summed E-state index contributed by atoms with van der Waals surface area (Å²) in [5.74, 6) is 2.58. The molecule has 0 bridgehead atoms. The van der Waals surface area contributed by atoms with Crippen LogP contribution in [0.5, 0.6) is 5.75 Å². The standard InChI is InChI=1S/C21H26O3/c1-13(22)24-20-9-8-19-18-6-4-14-12-15(23-3)5-7-16(14)17(18)10-11-21(19,20)2/h5,7-9,12,17-20H,4,6,10-11H2,1-3H3/t17-,18-,19+,20+,21+/m1/s1. The number of allylic oxidation sites excluding steroid dienone is 1. The fourth-order valence-electron chi connectivity index (χ4n) is 5.45. The van der Waals surface area contributed by atoms with Gasteiger partial charge in [-0.3, -0.25) is 4.79 Å². The summed E-state index contributed by atoms with van der Waals surface area (Å²) in [7, 11) is 1.73. The van der Waals surface area contributed by atoms with Crippen molar-refractivity contribution >= 4 is 5.97 Å². The van der Waals surface area contributed by atoms with Crippen LogP contribution in [0.1, 0.15) is 50.2 Å². The van der Waals surface area contributed by atoms with E-state index in [2.05, 4.69) is 37.3 Å². The Hall–Kier alpha value is -1.77. The average molecular weight is 326 g/mol. The lowest BCUT2D eigenvalue weighted by atomic mass is 9.55. The number of methoxy groups -OCH3 is 1. The van der Waals surface area contributed by atoms with Gasteiger partial charge in [-0.15, -0.1) is 0 Å². The molecule has 0 saturated heterocycles. The fraction of sp³-hybridized carbons (Fsp3) is 0.571. The Morgan fingerprint density at radius 3 is 2.83 bits per heavy atom. The van der Waals surface area contributed by atoms with Crippen LogP contribution in [-0.4, -0.2) is 19.2 Å². The summed E-state index contributed by atoms with van der Waals surface area (Å²) in [5.41, 5.74) is 3.03. The van der Waals surface area contributed by atoms with Gasteiger partial charge in [0.15, 0.2) is 0 Å². The van der Waals surface area contributed by atoms with Gasteiger partial charge in [-0.05, 0) is 72.8 Å². The van der Waals surface area contributed by atoms with Crippen LogP contribution in [0, 0.1) is 17.3 Å². The molecule has 1 fully saturated rings. The fourth-order valence-corrected chi connectivity index (χ4v) is 5.45. The number of esters is 1. The number of benzene rings is 1. The Morgan fingerprint density at radius 1 is 1.25 bits per heavy atom. The summed E-state index contributed by atoms with van der Waals surface area (Å²) < 4.78 is 11.0. The molecule has 3 nitrogen and oxygen atoms in total. The molecule has 5 atom stereocenters. The third-order valence-electron chi connectivity index (χ3n) is 6.67. The molecule has 0 N–H and O–H groups in total. The van der Waals surface area contributed by atoms with Crippen molar-refractivity contribution in [3.05, 3.63) is 41.5 Å². The summed E-state index contributed by atoms with van der Waals surface area (Å²) in [4.78, 5) is 11.5. The molecule has 1 aromatic carbocycles. The summed E-state index contributed by atoms with van der Waals surface area (Å²) in [5, 5.41) is 0. The molecule has 1 saturated carbocycles. The van der Waals surface area contributed by atoms with Gasteiger partial charge in [-0.2, -0.15) is 0 Å². The molecule has 0 spiro atoms. The molecular weight excluding hydrogens is 300 g/mol. The molecule has 1 aromatic rings. The van der Waals surface area contributed by atoms with Crippen LogP contribution >= 0.6 is 0 Å². The van der Waals surface area contributed by atoms with Gasteiger partial charge in [0.1, 0.15) is 11.9 Å². The first-order valence-electron chi connectivity index (χ1n) is 9.05. The molecule has 3 aliphatic carbocycles. The van der Waals surface area contributed by atoms with E-state index in [4.69, 9.17) is 9.47 Å². The van der Waals surface area contributed by atoms with Crippen molar-refractivity contribution in [2.75, 3.05) is 7.11 Å². The second-order valence-electron chi connectivity index (χ2n) is 7.86. The summed E-state index contributed by atoms with van der Waals surface area (Å²) in [6.45, 7) is 3.82. The number of rotatable bonds is 2. The highest BCUT2D eigenvalue weighted by Gasteiger charge is 2.53. The Morgan fingerprint density at radius 2 is 2.08 bits per heavy atom. The molecule has 0 amide bonds. The number of carbonyl (C=O) groups excluding carboxylic acids is 1. The zero-order chi connectivity index (χ0) is 16.9. The minimum atomic E-state index is -0.172. The van der Waals surface area contributed by atoms with Crippen molar-refractivity contribution in [3.63, 3.8) is 0 Å². The minimum Gasteiger partial charge on any atom is -0.497 e. The number of hydrogen-bond acceptors (Lipinski definition) is 3. The molecule has 3 aliphatic rings. The molecule has 128 valence electrons. The predicted octanol–water partition coefficient (Wildman–Crippen LogP) is 4.26. The molecule has 0 unspecified atom stereocenters. The Bertz CT molecular complexity index is 692. The first-order valence-corrected chi connectivity index (χ1v) is 9.05. The lowest BCUT2D eigenvalue weighted by Crippen LogP contribution is -2.45. The Kier molecular flexibility index (Phi) is 3.70. The van der Waals surface area contributed by atoms with Crippen LogP contribution in [0.2, 0.25) is 0 Å². The third kappa shape index (κ3) is 2.28. The monoisotopic (exact) mass is 326 g/mol. The number of ether oxygens (including phenoxy) is 2. The van der Waals surface area contributed by atoms with Gasteiger partial charge in [-0.1, -0.05) is 19.1 Å². The zero-order valence-electron chi connectivity index (χ0n) is 14.7. The quantitative estimate of drug-likeness (QED) is 0.602. The van der Waals surface area contributed by atoms with E-state index in [9.17, 15) is 4.79 Å². The molecular formula is C21H26O3. The van der Waals surface area contributed by atoms with Crippen LogP contribution in [0.4, 0.5) is 0 Å². The lowest BCUT2D eigenvalue weighted by molar-refractivity contribution is -0.152. The van der Waals surface area contributed by atoms with E-state index in [0.29, 0.717) is 17.8 Å². The Labute approximate surface area is 144 Å². The van der Waals surface area contributed by atoms with Gasteiger partial charge < -0.3 is 9.47 Å². The smallest absolute Gasteiger partial charge is 0.303 e.